The molecule has 1 aliphatic rings. The van der Waals surface area contributed by atoms with Crippen LogP contribution in [0.1, 0.15) is 44.0 Å². The van der Waals surface area contributed by atoms with E-state index >= 15 is 0 Å². The molecule has 0 bridgehead atoms. The van der Waals surface area contributed by atoms with Gasteiger partial charge in [-0.05, 0) is 26.7 Å². The van der Waals surface area contributed by atoms with Crippen molar-refractivity contribution in [3.63, 3.8) is 0 Å². The lowest BCUT2D eigenvalue weighted by molar-refractivity contribution is -0.142. The number of hydrogen-bond donors (Lipinski definition) is 0. The van der Waals surface area contributed by atoms with Crippen molar-refractivity contribution in [1.82, 2.24) is 14.7 Å². The van der Waals surface area contributed by atoms with Gasteiger partial charge in [0, 0.05) is 19.1 Å². The Balaban J connectivity index is 2.19. The number of aromatic nitrogens is 2. The maximum Gasteiger partial charge on any atom is 0.319 e. The van der Waals surface area contributed by atoms with Gasteiger partial charge in [-0.15, -0.1) is 0 Å². The van der Waals surface area contributed by atoms with Crippen molar-refractivity contribution in [3.8, 4) is 0 Å². The number of nitrogens with zero attached hydrogens (tertiary/aromatic N) is 3. The van der Waals surface area contributed by atoms with Gasteiger partial charge >= 0.3 is 5.97 Å². The molecular weight excluding hydrogens is 290 g/mol. The highest BCUT2D eigenvalue weighted by atomic mass is 35.5. The van der Waals surface area contributed by atoms with E-state index in [1.54, 1.807) is 0 Å². The molecule has 1 aromatic rings. The van der Waals surface area contributed by atoms with E-state index in [1.165, 1.54) is 20.0 Å². The molecule has 2 rings (SSSR count). The van der Waals surface area contributed by atoms with E-state index in [9.17, 15) is 4.79 Å². The van der Waals surface area contributed by atoms with Crippen LogP contribution in [0.2, 0.25) is 5.02 Å². The molecule has 0 N–H and O–H groups in total. The van der Waals surface area contributed by atoms with Crippen molar-refractivity contribution in [3.05, 3.63) is 16.4 Å². The first-order valence-corrected chi connectivity index (χ1v) is 7.97. The quantitative estimate of drug-likeness (QED) is 0.758. The molecule has 6 heteroatoms. The fourth-order valence-electron chi connectivity index (χ4n) is 3.03. The first kappa shape index (κ1) is 16.3. The third-order valence-corrected chi connectivity index (χ3v) is 4.70. The van der Waals surface area contributed by atoms with Crippen molar-refractivity contribution in [2.45, 2.75) is 58.7 Å². The second-order valence-corrected chi connectivity index (χ2v) is 5.96. The third kappa shape index (κ3) is 3.77. The number of halogens is 1. The van der Waals surface area contributed by atoms with Crippen LogP contribution in [-0.4, -0.2) is 40.3 Å². The smallest absolute Gasteiger partial charge is 0.319 e. The highest BCUT2D eigenvalue weighted by Crippen LogP contribution is 2.28. The van der Waals surface area contributed by atoms with Crippen LogP contribution in [0, 0.1) is 6.92 Å². The van der Waals surface area contributed by atoms with Crippen LogP contribution >= 0.6 is 11.6 Å². The van der Waals surface area contributed by atoms with Gasteiger partial charge in [0.15, 0.2) is 0 Å². The average Bonchev–Trinajstić information content (AvgIpc) is 3.09. The molecule has 0 saturated heterocycles. The number of carbonyl (C=O) groups is 1. The second-order valence-electron chi connectivity index (χ2n) is 5.58. The zero-order chi connectivity index (χ0) is 15.4. The monoisotopic (exact) mass is 313 g/mol. The molecule has 1 heterocycles. The first-order valence-electron chi connectivity index (χ1n) is 7.59. The van der Waals surface area contributed by atoms with E-state index in [1.807, 2.05) is 18.5 Å². The van der Waals surface area contributed by atoms with Crippen molar-refractivity contribution in [2.24, 2.45) is 0 Å². The largest absolute Gasteiger partial charge is 0.468 e. The summed E-state index contributed by atoms with van der Waals surface area (Å²) in [7, 11) is 1.43. The molecule has 0 atom stereocenters. The Bertz CT molecular complexity index is 495. The number of methoxy groups -OCH3 is 1. The highest BCUT2D eigenvalue weighted by molar-refractivity contribution is 6.31. The summed E-state index contributed by atoms with van der Waals surface area (Å²) >= 11 is 6.39. The SMILES string of the molecule is CCn1nc(C)c(Cl)c1CN(CC(=O)OC)C1CCCC1. The molecule has 0 radical (unpaired) electrons. The van der Waals surface area contributed by atoms with Gasteiger partial charge in [0.05, 0.1) is 30.1 Å². The summed E-state index contributed by atoms with van der Waals surface area (Å²) in [6.07, 6.45) is 4.71. The van der Waals surface area contributed by atoms with Gasteiger partial charge in [0.1, 0.15) is 0 Å². The maximum atomic E-state index is 11.7. The summed E-state index contributed by atoms with van der Waals surface area (Å²) in [6.45, 7) is 5.70. The minimum Gasteiger partial charge on any atom is -0.468 e. The minimum atomic E-state index is -0.197. The summed E-state index contributed by atoms with van der Waals surface area (Å²) in [5.74, 6) is -0.197. The van der Waals surface area contributed by atoms with E-state index < -0.39 is 0 Å². The van der Waals surface area contributed by atoms with Crippen molar-refractivity contribution < 1.29 is 9.53 Å². The third-order valence-electron chi connectivity index (χ3n) is 4.21. The van der Waals surface area contributed by atoms with Crippen LogP contribution in [0.5, 0.6) is 0 Å². The number of ether oxygens (including phenoxy) is 1. The van der Waals surface area contributed by atoms with Gasteiger partial charge in [-0.2, -0.15) is 5.10 Å². The van der Waals surface area contributed by atoms with Gasteiger partial charge in [-0.1, -0.05) is 24.4 Å². The van der Waals surface area contributed by atoms with E-state index in [0.29, 0.717) is 24.2 Å². The van der Waals surface area contributed by atoms with Gasteiger partial charge in [-0.3, -0.25) is 14.4 Å². The van der Waals surface area contributed by atoms with Crippen LogP contribution in [0.3, 0.4) is 0 Å². The Morgan fingerprint density at radius 2 is 2.14 bits per heavy atom. The Kier molecular flexibility index (Phi) is 5.65. The summed E-state index contributed by atoms with van der Waals surface area (Å²) in [5, 5.41) is 5.16. The van der Waals surface area contributed by atoms with E-state index in [0.717, 1.165) is 30.8 Å². The van der Waals surface area contributed by atoms with Crippen LogP contribution in [0.25, 0.3) is 0 Å². The summed E-state index contributed by atoms with van der Waals surface area (Å²) in [6, 6.07) is 0.431. The van der Waals surface area contributed by atoms with Crippen LogP contribution in [0.15, 0.2) is 0 Å². The molecule has 0 spiro atoms. The molecule has 1 aromatic heterocycles. The van der Waals surface area contributed by atoms with Gasteiger partial charge in [0.2, 0.25) is 0 Å². The zero-order valence-corrected chi connectivity index (χ0v) is 13.8. The number of carbonyl (C=O) groups excluding carboxylic acids is 1. The fraction of sp³-hybridized carbons (Fsp3) is 0.733. The first-order chi connectivity index (χ1) is 10.1. The van der Waals surface area contributed by atoms with E-state index in [-0.39, 0.29) is 5.97 Å². The normalized spacial score (nSPS) is 15.9. The van der Waals surface area contributed by atoms with Crippen molar-refractivity contribution in [1.29, 1.82) is 0 Å². The minimum absolute atomic E-state index is 0.197. The molecule has 1 saturated carbocycles. The summed E-state index contributed by atoms with van der Waals surface area (Å²) in [4.78, 5) is 13.9. The molecule has 21 heavy (non-hydrogen) atoms. The van der Waals surface area contributed by atoms with E-state index in [4.69, 9.17) is 16.3 Å². The lowest BCUT2D eigenvalue weighted by Gasteiger charge is -2.27. The van der Waals surface area contributed by atoms with Gasteiger partial charge in [-0.25, -0.2) is 0 Å². The van der Waals surface area contributed by atoms with E-state index in [2.05, 4.69) is 10.00 Å². The highest BCUT2D eigenvalue weighted by Gasteiger charge is 2.27. The molecule has 0 aliphatic heterocycles. The molecular formula is C15H24ClN3O2. The molecule has 0 aromatic carbocycles. The van der Waals surface area contributed by atoms with Crippen molar-refractivity contribution in [2.75, 3.05) is 13.7 Å². The topological polar surface area (TPSA) is 47.4 Å². The zero-order valence-electron chi connectivity index (χ0n) is 13.1. The molecule has 118 valence electrons. The second kappa shape index (κ2) is 7.27. The lowest BCUT2D eigenvalue weighted by Crippen LogP contribution is -2.38. The van der Waals surface area contributed by atoms with Gasteiger partial charge < -0.3 is 4.74 Å². The van der Waals surface area contributed by atoms with Crippen LogP contribution in [-0.2, 0) is 22.6 Å². The predicted molar refractivity (Wildman–Crippen MR) is 82.3 cm³/mol. The Hall–Kier alpha value is -1.07. The molecule has 1 aliphatic carbocycles. The van der Waals surface area contributed by atoms with Crippen molar-refractivity contribution >= 4 is 17.6 Å². The van der Waals surface area contributed by atoms with Gasteiger partial charge in [0.25, 0.3) is 0 Å². The molecule has 5 nitrogen and oxygen atoms in total. The number of hydrogen-bond acceptors (Lipinski definition) is 4. The van der Waals surface area contributed by atoms with Crippen LogP contribution < -0.4 is 0 Å². The molecule has 0 unspecified atom stereocenters. The standard InChI is InChI=1S/C15H24ClN3O2/c1-4-19-13(15(16)11(2)17-19)9-18(10-14(20)21-3)12-7-5-6-8-12/h12H,4-10H2,1-3H3. The molecule has 0 amide bonds. The summed E-state index contributed by atoms with van der Waals surface area (Å²) < 4.78 is 6.76. The Morgan fingerprint density at radius 3 is 2.71 bits per heavy atom. The predicted octanol–water partition coefficient (Wildman–Crippen LogP) is 2.78. The molecule has 1 fully saturated rings. The van der Waals surface area contributed by atoms with Crippen LogP contribution in [0.4, 0.5) is 0 Å². The fourth-order valence-corrected chi connectivity index (χ4v) is 3.22. The average molecular weight is 314 g/mol. The number of aryl methyl sites for hydroxylation is 2. The number of rotatable bonds is 6. The number of esters is 1. The Labute approximate surface area is 131 Å². The lowest BCUT2D eigenvalue weighted by atomic mass is 10.2. The maximum absolute atomic E-state index is 11.7. The summed E-state index contributed by atoms with van der Waals surface area (Å²) in [5.41, 5.74) is 1.84. The Morgan fingerprint density at radius 1 is 1.48 bits per heavy atom.